The maximum Gasteiger partial charge on any atom is 0.241 e. The highest BCUT2D eigenvalue weighted by molar-refractivity contribution is 5.96. The van der Waals surface area contributed by atoms with E-state index in [2.05, 4.69) is 43.4 Å². The average molecular weight is 280 g/mol. The van der Waals surface area contributed by atoms with E-state index in [0.717, 1.165) is 12.2 Å². The van der Waals surface area contributed by atoms with Crippen LogP contribution in [0.4, 0.5) is 5.69 Å². The maximum atomic E-state index is 12.5. The fraction of sp³-hybridized carbons (Fsp3) is 0.278. The number of benzene rings is 2. The lowest BCUT2D eigenvalue weighted by molar-refractivity contribution is -0.117. The summed E-state index contributed by atoms with van der Waals surface area (Å²) in [6, 6.07) is 14.4. The molecule has 0 bridgehead atoms. The minimum Gasteiger partial charge on any atom is -0.307 e. The van der Waals surface area contributed by atoms with E-state index in [-0.39, 0.29) is 5.91 Å². The number of amides is 1. The van der Waals surface area contributed by atoms with Crippen LogP contribution in [-0.2, 0) is 17.9 Å². The maximum absolute atomic E-state index is 12.5. The molecule has 2 aromatic carbocycles. The van der Waals surface area contributed by atoms with Gasteiger partial charge in [-0.1, -0.05) is 36.4 Å². The highest BCUT2D eigenvalue weighted by atomic mass is 16.2. The van der Waals surface area contributed by atoms with Gasteiger partial charge in [-0.2, -0.15) is 0 Å². The quantitative estimate of drug-likeness (QED) is 0.917. The van der Waals surface area contributed by atoms with Crippen LogP contribution >= 0.6 is 0 Å². The van der Waals surface area contributed by atoms with Gasteiger partial charge >= 0.3 is 0 Å². The van der Waals surface area contributed by atoms with Gasteiger partial charge in [0, 0.05) is 12.2 Å². The number of fused-ring (bicyclic) bond motifs is 1. The average Bonchev–Trinajstić information content (AvgIpc) is 2.62. The fourth-order valence-corrected chi connectivity index (χ4v) is 2.89. The molecule has 1 heterocycles. The Kier molecular flexibility index (Phi) is 3.76. The Hall–Kier alpha value is -2.13. The van der Waals surface area contributed by atoms with Gasteiger partial charge in [-0.15, -0.1) is 0 Å². The van der Waals surface area contributed by atoms with Crippen LogP contribution in [0, 0.1) is 13.8 Å². The first-order chi connectivity index (χ1) is 10.2. The van der Waals surface area contributed by atoms with Crippen LogP contribution < -0.4 is 10.2 Å². The molecule has 21 heavy (non-hydrogen) atoms. The Balaban J connectivity index is 2.02. The lowest BCUT2D eigenvalue weighted by atomic mass is 10.0. The Morgan fingerprint density at radius 3 is 2.48 bits per heavy atom. The molecule has 3 nitrogen and oxygen atoms in total. The summed E-state index contributed by atoms with van der Waals surface area (Å²) in [6.07, 6.45) is 0. The fourth-order valence-electron chi connectivity index (χ4n) is 2.89. The van der Waals surface area contributed by atoms with E-state index < -0.39 is 0 Å². The van der Waals surface area contributed by atoms with Gasteiger partial charge in [-0.05, 0) is 42.2 Å². The number of carbonyl (C=O) groups is 1. The van der Waals surface area contributed by atoms with Crippen molar-refractivity contribution >= 4 is 11.6 Å². The third-order valence-corrected chi connectivity index (χ3v) is 4.14. The van der Waals surface area contributed by atoms with Gasteiger partial charge in [-0.3, -0.25) is 4.79 Å². The van der Waals surface area contributed by atoms with Gasteiger partial charge in [0.15, 0.2) is 0 Å². The van der Waals surface area contributed by atoms with Crippen molar-refractivity contribution in [3.05, 3.63) is 64.7 Å². The number of nitrogens with zero attached hydrogens (tertiary/aromatic N) is 1. The summed E-state index contributed by atoms with van der Waals surface area (Å²) in [4.78, 5) is 14.4. The van der Waals surface area contributed by atoms with Gasteiger partial charge in [0.1, 0.15) is 0 Å². The topological polar surface area (TPSA) is 32.3 Å². The third-order valence-electron chi connectivity index (χ3n) is 4.14. The number of anilines is 1. The van der Waals surface area contributed by atoms with Crippen molar-refractivity contribution in [2.45, 2.75) is 26.9 Å². The van der Waals surface area contributed by atoms with Crippen LogP contribution in [0.15, 0.2) is 42.5 Å². The summed E-state index contributed by atoms with van der Waals surface area (Å²) in [5.74, 6) is 0.127. The molecule has 0 saturated heterocycles. The molecule has 0 fully saturated rings. The summed E-state index contributed by atoms with van der Waals surface area (Å²) in [5.41, 5.74) is 5.90. The van der Waals surface area contributed by atoms with Gasteiger partial charge in [-0.25, -0.2) is 0 Å². The van der Waals surface area contributed by atoms with E-state index in [0.29, 0.717) is 13.1 Å². The minimum absolute atomic E-state index is 0.127. The number of nitrogens with one attached hydrogen (secondary N) is 1. The summed E-state index contributed by atoms with van der Waals surface area (Å²) < 4.78 is 0. The van der Waals surface area contributed by atoms with Gasteiger partial charge in [0.05, 0.1) is 13.1 Å². The molecule has 0 radical (unpaired) electrons. The zero-order valence-corrected chi connectivity index (χ0v) is 12.5. The lowest BCUT2D eigenvalue weighted by Crippen LogP contribution is -2.35. The van der Waals surface area contributed by atoms with Crippen molar-refractivity contribution in [3.63, 3.8) is 0 Å². The predicted molar refractivity (Wildman–Crippen MR) is 85.3 cm³/mol. The standard InChI is InChI=1S/C18H20N2O/c1-13-6-5-7-14(2)16(13)12-20-17-9-4-3-8-15(17)10-19-11-18(20)21/h3-9,19H,10-12H2,1-2H3. The van der Waals surface area contributed by atoms with Crippen LogP contribution in [0.1, 0.15) is 22.3 Å². The Morgan fingerprint density at radius 2 is 1.71 bits per heavy atom. The van der Waals surface area contributed by atoms with E-state index in [9.17, 15) is 4.79 Å². The smallest absolute Gasteiger partial charge is 0.241 e. The minimum atomic E-state index is 0.127. The van der Waals surface area contributed by atoms with E-state index >= 15 is 0 Å². The molecule has 108 valence electrons. The number of carbonyl (C=O) groups excluding carboxylic acids is 1. The molecule has 1 N–H and O–H groups in total. The Morgan fingerprint density at radius 1 is 1.00 bits per heavy atom. The normalized spacial score (nSPS) is 14.8. The molecule has 3 heteroatoms. The number of para-hydroxylation sites is 1. The largest absolute Gasteiger partial charge is 0.307 e. The third kappa shape index (κ3) is 2.69. The van der Waals surface area contributed by atoms with Crippen molar-refractivity contribution in [2.75, 3.05) is 11.4 Å². The zero-order valence-electron chi connectivity index (χ0n) is 12.5. The first kappa shape index (κ1) is 13.8. The molecular formula is C18H20N2O. The molecule has 0 aromatic heterocycles. The van der Waals surface area contributed by atoms with Crippen LogP contribution in [0.5, 0.6) is 0 Å². The van der Waals surface area contributed by atoms with Crippen LogP contribution in [-0.4, -0.2) is 12.5 Å². The lowest BCUT2D eigenvalue weighted by Gasteiger charge is -2.24. The molecule has 3 rings (SSSR count). The molecule has 0 atom stereocenters. The van der Waals surface area contributed by atoms with E-state index in [4.69, 9.17) is 0 Å². The summed E-state index contributed by atoms with van der Waals surface area (Å²) in [5, 5.41) is 3.21. The highest BCUT2D eigenvalue weighted by Crippen LogP contribution is 2.26. The van der Waals surface area contributed by atoms with Crippen molar-refractivity contribution in [1.29, 1.82) is 0 Å². The van der Waals surface area contributed by atoms with Crippen LogP contribution in [0.25, 0.3) is 0 Å². The number of hydrogen-bond donors (Lipinski definition) is 1. The van der Waals surface area contributed by atoms with Crippen molar-refractivity contribution in [3.8, 4) is 0 Å². The van der Waals surface area contributed by atoms with Gasteiger partial charge in [0.2, 0.25) is 5.91 Å². The zero-order chi connectivity index (χ0) is 14.8. The molecule has 1 amide bonds. The molecule has 0 aliphatic carbocycles. The molecule has 1 aliphatic rings. The second kappa shape index (κ2) is 5.70. The molecule has 1 aliphatic heterocycles. The van der Waals surface area contributed by atoms with Crippen LogP contribution in [0.3, 0.4) is 0 Å². The molecule has 2 aromatic rings. The van der Waals surface area contributed by atoms with Gasteiger partial charge < -0.3 is 10.2 Å². The van der Waals surface area contributed by atoms with Crippen molar-refractivity contribution in [1.82, 2.24) is 5.32 Å². The van der Waals surface area contributed by atoms with Crippen LogP contribution in [0.2, 0.25) is 0 Å². The van der Waals surface area contributed by atoms with Crippen molar-refractivity contribution < 1.29 is 4.79 Å². The monoisotopic (exact) mass is 280 g/mol. The Labute approximate surface area is 125 Å². The number of aryl methyl sites for hydroxylation is 2. The molecule has 0 spiro atoms. The first-order valence-corrected chi connectivity index (χ1v) is 7.31. The predicted octanol–water partition coefficient (Wildman–Crippen LogP) is 2.94. The summed E-state index contributed by atoms with van der Waals surface area (Å²) in [6.45, 7) is 5.98. The summed E-state index contributed by atoms with van der Waals surface area (Å²) >= 11 is 0. The first-order valence-electron chi connectivity index (χ1n) is 7.31. The van der Waals surface area contributed by atoms with Gasteiger partial charge in [0.25, 0.3) is 0 Å². The van der Waals surface area contributed by atoms with E-state index in [1.54, 1.807) is 0 Å². The van der Waals surface area contributed by atoms with E-state index in [1.165, 1.54) is 22.3 Å². The second-order valence-electron chi connectivity index (χ2n) is 5.58. The molecule has 0 saturated carbocycles. The van der Waals surface area contributed by atoms with E-state index in [1.807, 2.05) is 23.1 Å². The number of hydrogen-bond acceptors (Lipinski definition) is 2. The Bertz CT molecular complexity index is 658. The number of rotatable bonds is 2. The SMILES string of the molecule is Cc1cccc(C)c1CN1C(=O)CNCc2ccccc21. The summed E-state index contributed by atoms with van der Waals surface area (Å²) in [7, 11) is 0. The highest BCUT2D eigenvalue weighted by Gasteiger charge is 2.22. The second-order valence-corrected chi connectivity index (χ2v) is 5.58. The molecular weight excluding hydrogens is 260 g/mol. The molecule has 0 unspecified atom stereocenters. The van der Waals surface area contributed by atoms with Crippen molar-refractivity contribution in [2.24, 2.45) is 0 Å².